The van der Waals surface area contributed by atoms with Crippen molar-refractivity contribution in [2.24, 2.45) is 0 Å². The minimum absolute atomic E-state index is 0.486. The summed E-state index contributed by atoms with van der Waals surface area (Å²) in [6.07, 6.45) is 0. The van der Waals surface area contributed by atoms with Crippen LogP contribution in [0.3, 0.4) is 0 Å². The van der Waals surface area contributed by atoms with Crippen molar-refractivity contribution in [3.8, 4) is 97.1 Å². The topological polar surface area (TPSA) is 120 Å². The van der Waals surface area contributed by atoms with E-state index in [1.807, 2.05) is 133 Å². The molecule has 0 amide bonds. The third-order valence-corrected chi connectivity index (χ3v) is 13.9. The van der Waals surface area contributed by atoms with Crippen molar-refractivity contribution in [1.82, 2.24) is 24.1 Å². The zero-order valence-electron chi connectivity index (χ0n) is 39.5. The highest BCUT2D eigenvalue weighted by molar-refractivity contribution is 6.12. The van der Waals surface area contributed by atoms with Gasteiger partial charge in [-0.05, 0) is 107 Å². The molecule has 0 aliphatic carbocycles. The summed E-state index contributed by atoms with van der Waals surface area (Å²) >= 11 is 0. The summed E-state index contributed by atoms with van der Waals surface area (Å²) in [4.78, 5) is 15.3. The Hall–Kier alpha value is -10.7. The van der Waals surface area contributed by atoms with Crippen LogP contribution in [0.4, 0.5) is 0 Å². The molecule has 10 aromatic carbocycles. The maximum absolute atomic E-state index is 11.1. The summed E-state index contributed by atoms with van der Waals surface area (Å²) in [6, 6.07) is 84.4. The molecule has 0 saturated heterocycles. The summed E-state index contributed by atoms with van der Waals surface area (Å²) in [5.41, 5.74) is 15.0. The molecule has 0 atom stereocenters. The van der Waals surface area contributed by atoms with Crippen LogP contribution >= 0.6 is 0 Å². The number of rotatable bonds is 8. The lowest BCUT2D eigenvalue weighted by Gasteiger charge is -2.18. The van der Waals surface area contributed by atoms with E-state index in [-0.39, 0.29) is 0 Å². The predicted octanol–water partition coefficient (Wildman–Crippen LogP) is 15.7. The van der Waals surface area contributed by atoms with E-state index in [0.717, 1.165) is 105 Å². The molecule has 0 spiro atoms. The van der Waals surface area contributed by atoms with Gasteiger partial charge < -0.3 is 9.13 Å². The number of hydrogen-bond acceptors (Lipinski definition) is 6. The smallest absolute Gasteiger partial charge is 0.164 e. The van der Waals surface area contributed by atoms with Crippen LogP contribution in [0.1, 0.15) is 16.7 Å². The van der Waals surface area contributed by atoms with Gasteiger partial charge in [0.05, 0.1) is 62.7 Å². The zero-order chi connectivity index (χ0) is 49.7. The van der Waals surface area contributed by atoms with E-state index >= 15 is 0 Å². The summed E-state index contributed by atoms with van der Waals surface area (Å²) in [5.74, 6) is 1.57. The molecule has 8 nitrogen and oxygen atoms in total. The van der Waals surface area contributed by atoms with Gasteiger partial charge in [-0.1, -0.05) is 146 Å². The van der Waals surface area contributed by atoms with Crippen LogP contribution in [0.25, 0.3) is 123 Å². The Balaban J connectivity index is 1.08. The van der Waals surface area contributed by atoms with Crippen molar-refractivity contribution in [3.63, 3.8) is 0 Å². The molecule has 13 rings (SSSR count). The zero-order valence-corrected chi connectivity index (χ0v) is 39.5. The number of benzene rings is 10. The van der Waals surface area contributed by atoms with Crippen LogP contribution in [-0.4, -0.2) is 24.1 Å². The molecular weight excluding hydrogens is 905 g/mol. The Morgan fingerprint density at radius 1 is 0.284 bits per heavy atom. The normalized spacial score (nSPS) is 11.2. The second-order valence-corrected chi connectivity index (χ2v) is 18.1. The minimum atomic E-state index is 0.486. The van der Waals surface area contributed by atoms with E-state index in [4.69, 9.17) is 15.0 Å². The maximum Gasteiger partial charge on any atom is 0.164 e. The van der Waals surface area contributed by atoms with Gasteiger partial charge in [-0.2, -0.15) is 15.8 Å². The Bertz CT molecular complexity index is 4470. The molecule has 13 aromatic rings. The van der Waals surface area contributed by atoms with Gasteiger partial charge >= 0.3 is 0 Å². The fourth-order valence-corrected chi connectivity index (χ4v) is 10.5. The fraction of sp³-hybridized carbons (Fsp3) is 0. The number of hydrogen-bond donors (Lipinski definition) is 0. The Labute approximate surface area is 425 Å². The number of aromatic nitrogens is 5. The summed E-state index contributed by atoms with van der Waals surface area (Å²) in [6.45, 7) is 0. The van der Waals surface area contributed by atoms with Gasteiger partial charge in [0, 0.05) is 55.0 Å². The molecule has 3 aromatic heterocycles. The SMILES string of the molecule is N#Cc1ccccc1-c1ccc2c(c1)c1ccccc1n2-c1ccc(C#N)c(-c2cc(-c3nc(-c4ccccc4)nc(-c4ccccc4)n3)ccc2-n2c3ccccc3c3cc(-c4ccccc4C#N)ccc32)c1. The largest absolute Gasteiger partial charge is 0.309 e. The van der Waals surface area contributed by atoms with E-state index in [9.17, 15) is 15.8 Å². The van der Waals surface area contributed by atoms with Crippen LogP contribution in [0.15, 0.2) is 231 Å². The predicted molar refractivity (Wildman–Crippen MR) is 295 cm³/mol. The lowest BCUT2D eigenvalue weighted by molar-refractivity contribution is 1.07. The molecule has 0 N–H and O–H groups in total. The fourth-order valence-electron chi connectivity index (χ4n) is 10.5. The summed E-state index contributed by atoms with van der Waals surface area (Å²) in [5, 5.41) is 35.5. The Morgan fingerprint density at radius 3 is 1.27 bits per heavy atom. The first-order valence-electron chi connectivity index (χ1n) is 24.2. The molecule has 74 heavy (non-hydrogen) atoms. The van der Waals surface area contributed by atoms with Gasteiger partial charge in [-0.25, -0.2) is 15.0 Å². The molecule has 0 saturated carbocycles. The molecule has 0 aliphatic heterocycles. The Morgan fingerprint density at radius 2 is 0.716 bits per heavy atom. The van der Waals surface area contributed by atoms with Crippen molar-refractivity contribution in [2.45, 2.75) is 0 Å². The first kappa shape index (κ1) is 43.3. The monoisotopic (exact) mass is 942 g/mol. The van der Waals surface area contributed by atoms with Gasteiger partial charge in [-0.15, -0.1) is 0 Å². The number of nitriles is 3. The summed E-state index contributed by atoms with van der Waals surface area (Å²) < 4.78 is 4.53. The number of para-hydroxylation sites is 2. The minimum Gasteiger partial charge on any atom is -0.309 e. The van der Waals surface area contributed by atoms with E-state index in [2.05, 4.69) is 124 Å². The van der Waals surface area contributed by atoms with Crippen molar-refractivity contribution in [1.29, 1.82) is 15.8 Å². The second kappa shape index (κ2) is 17.9. The lowest BCUT2D eigenvalue weighted by Crippen LogP contribution is -2.03. The molecule has 8 heteroatoms. The first-order valence-corrected chi connectivity index (χ1v) is 24.2. The average Bonchev–Trinajstić information content (AvgIpc) is 4.03. The van der Waals surface area contributed by atoms with Crippen molar-refractivity contribution < 1.29 is 0 Å². The first-order chi connectivity index (χ1) is 36.6. The van der Waals surface area contributed by atoms with E-state index in [1.54, 1.807) is 0 Å². The number of nitrogens with zero attached hydrogens (tertiary/aromatic N) is 8. The van der Waals surface area contributed by atoms with Gasteiger partial charge in [0.2, 0.25) is 0 Å². The van der Waals surface area contributed by atoms with Crippen LogP contribution in [0.5, 0.6) is 0 Å². The van der Waals surface area contributed by atoms with Crippen molar-refractivity contribution in [2.75, 3.05) is 0 Å². The lowest BCUT2D eigenvalue weighted by atomic mass is 9.95. The third kappa shape index (κ3) is 7.25. The van der Waals surface area contributed by atoms with Crippen LogP contribution < -0.4 is 0 Å². The average molecular weight is 943 g/mol. The number of fused-ring (bicyclic) bond motifs is 6. The molecule has 0 aliphatic rings. The van der Waals surface area contributed by atoms with Gasteiger partial charge in [0.1, 0.15) is 0 Å². The molecule has 0 unspecified atom stereocenters. The van der Waals surface area contributed by atoms with Crippen molar-refractivity contribution in [3.05, 3.63) is 247 Å². The Kier molecular flexibility index (Phi) is 10.5. The van der Waals surface area contributed by atoms with Gasteiger partial charge in [-0.3, -0.25) is 0 Å². The highest BCUT2D eigenvalue weighted by atomic mass is 15.0. The standard InChI is InChI=1S/C66H38N8/c67-39-47-19-7-9-21-51(47)44-28-32-61-56(35-44)53-23-11-13-25-59(53)73(61)50-31-27-49(41-69)55(38-50)58-37-46(66-71-64(42-15-3-1-4-16-42)70-65(72-66)43-17-5-2-6-18-43)30-34-63(58)74-60-26-14-12-24-54(60)57-36-45(29-33-62(57)74)52-22-10-8-20-48(52)40-68/h1-38H. The highest BCUT2D eigenvalue weighted by Gasteiger charge is 2.23. The van der Waals surface area contributed by atoms with E-state index in [0.29, 0.717) is 34.2 Å². The van der Waals surface area contributed by atoms with E-state index < -0.39 is 0 Å². The van der Waals surface area contributed by atoms with Gasteiger partial charge in [0.25, 0.3) is 0 Å². The third-order valence-electron chi connectivity index (χ3n) is 13.9. The van der Waals surface area contributed by atoms with E-state index in [1.165, 1.54) is 0 Å². The van der Waals surface area contributed by atoms with Crippen LogP contribution in [0.2, 0.25) is 0 Å². The molecule has 0 radical (unpaired) electrons. The molecule has 0 bridgehead atoms. The second-order valence-electron chi connectivity index (χ2n) is 18.1. The maximum atomic E-state index is 11.1. The van der Waals surface area contributed by atoms with Gasteiger partial charge in [0.15, 0.2) is 17.5 Å². The summed E-state index contributed by atoms with van der Waals surface area (Å²) in [7, 11) is 0. The van der Waals surface area contributed by atoms with Crippen LogP contribution in [-0.2, 0) is 0 Å². The molecular formula is C66H38N8. The van der Waals surface area contributed by atoms with Crippen molar-refractivity contribution >= 4 is 43.6 Å². The quantitative estimate of drug-likeness (QED) is 0.150. The molecule has 0 fully saturated rings. The van der Waals surface area contributed by atoms with Crippen LogP contribution in [0, 0.1) is 34.0 Å². The highest BCUT2D eigenvalue weighted by Crippen LogP contribution is 2.43. The molecule has 342 valence electrons. The molecule has 3 heterocycles.